The van der Waals surface area contributed by atoms with Crippen LogP contribution >= 0.6 is 0 Å². The van der Waals surface area contributed by atoms with Crippen LogP contribution < -0.4 is 10.1 Å². The Bertz CT molecular complexity index is 366. The fourth-order valence-corrected chi connectivity index (χ4v) is 1.84. The van der Waals surface area contributed by atoms with Gasteiger partial charge in [-0.25, -0.2) is 4.98 Å². The van der Waals surface area contributed by atoms with Crippen LogP contribution in [0.25, 0.3) is 0 Å². The Labute approximate surface area is 117 Å². The van der Waals surface area contributed by atoms with Crippen molar-refractivity contribution in [1.29, 1.82) is 0 Å². The molecule has 0 saturated carbocycles. The van der Waals surface area contributed by atoms with Crippen LogP contribution in [-0.4, -0.2) is 22.1 Å². The second kappa shape index (κ2) is 7.97. The first-order valence-electron chi connectivity index (χ1n) is 7.23. The molecule has 0 fully saturated rings. The Hall–Kier alpha value is -1.32. The summed E-state index contributed by atoms with van der Waals surface area (Å²) in [6.45, 7) is 10.7. The van der Waals surface area contributed by atoms with Crippen LogP contribution in [-0.2, 0) is 0 Å². The lowest BCUT2D eigenvalue weighted by molar-refractivity contribution is 0.232. The number of ether oxygens (including phenoxy) is 1. The predicted octanol–water partition coefficient (Wildman–Crippen LogP) is 3.89. The summed E-state index contributed by atoms with van der Waals surface area (Å²) in [5.74, 6) is 2.04. The van der Waals surface area contributed by atoms with E-state index in [0.29, 0.717) is 17.9 Å². The second-order valence-corrected chi connectivity index (χ2v) is 5.76. The summed E-state index contributed by atoms with van der Waals surface area (Å²) in [4.78, 5) is 8.58. The summed E-state index contributed by atoms with van der Waals surface area (Å²) in [6, 6.07) is 2.17. The molecule has 0 spiro atoms. The minimum Gasteiger partial charge on any atom is -0.475 e. The van der Waals surface area contributed by atoms with Crippen LogP contribution in [0, 0.1) is 5.92 Å². The van der Waals surface area contributed by atoms with Gasteiger partial charge in [0.15, 0.2) is 0 Å². The van der Waals surface area contributed by atoms with Crippen molar-refractivity contribution in [2.45, 2.75) is 66.0 Å². The largest absolute Gasteiger partial charge is 0.475 e. The average molecular weight is 265 g/mol. The third-order valence-corrected chi connectivity index (χ3v) is 2.78. The molecule has 1 aromatic heterocycles. The molecule has 0 amide bonds. The lowest BCUT2D eigenvalue weighted by Crippen LogP contribution is -2.17. The van der Waals surface area contributed by atoms with Gasteiger partial charge >= 0.3 is 0 Å². The highest BCUT2D eigenvalue weighted by Crippen LogP contribution is 2.13. The standard InChI is InChI=1S/C15H27N3O/c1-11(2)7-6-8-13(5)17-15-16-10-9-14(18-15)19-12(3)4/h9-13H,6-8H2,1-5H3,(H,16,17,18). The lowest BCUT2D eigenvalue weighted by atomic mass is 10.0. The molecule has 0 bridgehead atoms. The van der Waals surface area contributed by atoms with E-state index in [4.69, 9.17) is 4.74 Å². The van der Waals surface area contributed by atoms with E-state index in [-0.39, 0.29) is 6.10 Å². The van der Waals surface area contributed by atoms with Gasteiger partial charge in [-0.1, -0.05) is 26.7 Å². The van der Waals surface area contributed by atoms with Gasteiger partial charge in [-0.3, -0.25) is 0 Å². The minimum atomic E-state index is 0.131. The van der Waals surface area contributed by atoms with E-state index < -0.39 is 0 Å². The van der Waals surface area contributed by atoms with E-state index in [0.717, 1.165) is 12.3 Å². The number of aromatic nitrogens is 2. The first-order valence-corrected chi connectivity index (χ1v) is 7.23. The molecule has 0 aliphatic heterocycles. The Balaban J connectivity index is 2.43. The SMILES string of the molecule is CC(C)CCCC(C)Nc1nccc(OC(C)C)n1. The fraction of sp³-hybridized carbons (Fsp3) is 0.733. The maximum atomic E-state index is 5.56. The highest BCUT2D eigenvalue weighted by atomic mass is 16.5. The van der Waals surface area contributed by atoms with Crippen molar-refractivity contribution >= 4 is 5.95 Å². The third kappa shape index (κ3) is 6.99. The molecule has 4 nitrogen and oxygen atoms in total. The van der Waals surface area contributed by atoms with E-state index in [9.17, 15) is 0 Å². The molecule has 0 aromatic carbocycles. The van der Waals surface area contributed by atoms with E-state index in [1.54, 1.807) is 12.3 Å². The highest BCUT2D eigenvalue weighted by Gasteiger charge is 2.06. The van der Waals surface area contributed by atoms with Crippen molar-refractivity contribution in [3.8, 4) is 5.88 Å². The average Bonchev–Trinajstić information content (AvgIpc) is 2.27. The maximum absolute atomic E-state index is 5.56. The van der Waals surface area contributed by atoms with Crippen molar-refractivity contribution in [1.82, 2.24) is 9.97 Å². The highest BCUT2D eigenvalue weighted by molar-refractivity contribution is 5.28. The van der Waals surface area contributed by atoms with Crippen LogP contribution in [0.15, 0.2) is 12.3 Å². The van der Waals surface area contributed by atoms with Gasteiger partial charge in [-0.05, 0) is 33.1 Å². The summed E-state index contributed by atoms with van der Waals surface area (Å²) in [5.41, 5.74) is 0. The van der Waals surface area contributed by atoms with Crippen LogP contribution in [0.2, 0.25) is 0 Å². The van der Waals surface area contributed by atoms with Gasteiger partial charge in [-0.15, -0.1) is 0 Å². The number of anilines is 1. The summed E-state index contributed by atoms with van der Waals surface area (Å²) in [7, 11) is 0. The van der Waals surface area contributed by atoms with Gasteiger partial charge in [0.1, 0.15) is 0 Å². The Morgan fingerprint density at radius 1 is 1.16 bits per heavy atom. The van der Waals surface area contributed by atoms with E-state index in [1.807, 2.05) is 13.8 Å². The summed E-state index contributed by atoms with van der Waals surface area (Å²) < 4.78 is 5.56. The summed E-state index contributed by atoms with van der Waals surface area (Å²) in [5, 5.41) is 3.33. The first kappa shape index (κ1) is 15.7. The van der Waals surface area contributed by atoms with Crippen molar-refractivity contribution < 1.29 is 4.74 Å². The lowest BCUT2D eigenvalue weighted by Gasteiger charge is -2.15. The number of rotatable bonds is 8. The number of nitrogens with zero attached hydrogens (tertiary/aromatic N) is 2. The predicted molar refractivity (Wildman–Crippen MR) is 79.6 cm³/mol. The quantitative estimate of drug-likeness (QED) is 0.774. The molecular weight excluding hydrogens is 238 g/mol. The summed E-state index contributed by atoms with van der Waals surface area (Å²) in [6.07, 6.45) is 5.49. The number of hydrogen-bond acceptors (Lipinski definition) is 4. The van der Waals surface area contributed by atoms with Gasteiger partial charge < -0.3 is 10.1 Å². The zero-order chi connectivity index (χ0) is 14.3. The van der Waals surface area contributed by atoms with Crippen molar-refractivity contribution in [3.05, 3.63) is 12.3 Å². The zero-order valence-electron chi connectivity index (χ0n) is 12.8. The monoisotopic (exact) mass is 265 g/mol. The molecular formula is C15H27N3O. The van der Waals surface area contributed by atoms with Crippen molar-refractivity contribution in [2.24, 2.45) is 5.92 Å². The molecule has 0 radical (unpaired) electrons. The summed E-state index contributed by atoms with van der Waals surface area (Å²) >= 11 is 0. The zero-order valence-corrected chi connectivity index (χ0v) is 12.8. The normalized spacial score (nSPS) is 12.8. The van der Waals surface area contributed by atoms with Crippen molar-refractivity contribution in [3.63, 3.8) is 0 Å². The topological polar surface area (TPSA) is 47.0 Å². The van der Waals surface area contributed by atoms with E-state index in [2.05, 4.69) is 36.1 Å². The Morgan fingerprint density at radius 3 is 2.53 bits per heavy atom. The van der Waals surface area contributed by atoms with Gasteiger partial charge in [0.2, 0.25) is 11.8 Å². The minimum absolute atomic E-state index is 0.131. The van der Waals surface area contributed by atoms with Gasteiger partial charge in [0, 0.05) is 18.3 Å². The smallest absolute Gasteiger partial charge is 0.226 e. The molecule has 1 N–H and O–H groups in total. The molecule has 1 unspecified atom stereocenters. The van der Waals surface area contributed by atoms with Crippen molar-refractivity contribution in [2.75, 3.05) is 5.32 Å². The first-order chi connectivity index (χ1) is 8.97. The van der Waals surface area contributed by atoms with Crippen LogP contribution in [0.5, 0.6) is 5.88 Å². The van der Waals surface area contributed by atoms with Gasteiger partial charge in [0.05, 0.1) is 6.10 Å². The number of hydrogen-bond donors (Lipinski definition) is 1. The van der Waals surface area contributed by atoms with Gasteiger partial charge in [-0.2, -0.15) is 4.98 Å². The second-order valence-electron chi connectivity index (χ2n) is 5.76. The molecule has 0 aliphatic carbocycles. The van der Waals surface area contributed by atoms with Crippen LogP contribution in [0.4, 0.5) is 5.95 Å². The molecule has 108 valence electrons. The van der Waals surface area contributed by atoms with Crippen LogP contribution in [0.1, 0.15) is 53.9 Å². The van der Waals surface area contributed by atoms with E-state index >= 15 is 0 Å². The third-order valence-electron chi connectivity index (χ3n) is 2.78. The molecule has 1 atom stereocenters. The molecule has 0 aliphatic rings. The number of nitrogens with one attached hydrogen (secondary N) is 1. The van der Waals surface area contributed by atoms with Gasteiger partial charge in [0.25, 0.3) is 0 Å². The molecule has 19 heavy (non-hydrogen) atoms. The Morgan fingerprint density at radius 2 is 1.89 bits per heavy atom. The van der Waals surface area contributed by atoms with Crippen LogP contribution in [0.3, 0.4) is 0 Å². The van der Waals surface area contributed by atoms with E-state index in [1.165, 1.54) is 12.8 Å². The fourth-order valence-electron chi connectivity index (χ4n) is 1.84. The molecule has 1 heterocycles. The molecule has 0 saturated heterocycles. The maximum Gasteiger partial charge on any atom is 0.226 e. The molecule has 1 aromatic rings. The Kier molecular flexibility index (Phi) is 6.60. The molecule has 4 heteroatoms. The molecule has 1 rings (SSSR count).